The summed E-state index contributed by atoms with van der Waals surface area (Å²) in [6.07, 6.45) is 0. The molecule has 21 heavy (non-hydrogen) atoms. The smallest absolute Gasteiger partial charge is 0.300 e. The van der Waals surface area contributed by atoms with Crippen LogP contribution in [0.1, 0.15) is 0 Å². The van der Waals surface area contributed by atoms with Gasteiger partial charge in [-0.05, 0) is 0 Å². The van der Waals surface area contributed by atoms with Crippen LogP contribution in [0.5, 0.6) is 0 Å². The van der Waals surface area contributed by atoms with Gasteiger partial charge in [0.2, 0.25) is 0 Å². The lowest BCUT2D eigenvalue weighted by atomic mass is 10.4. The number of amidine groups is 1. The number of hydrogen-bond acceptors (Lipinski definition) is 1. The SMILES string of the molecule is CN(C)C(=[N+](C)C)P(=O)(c1ccccc1)c1ccccc1. The standard InChI is InChI=1S/C17H22N2OP/c1-18(2)17(19(3)4)21(20,15-11-7-5-8-12-15)16-13-9-6-10-14-16/h5-14H,1-4H3/q+1. The van der Waals surface area contributed by atoms with E-state index in [0.29, 0.717) is 0 Å². The van der Waals surface area contributed by atoms with E-state index in [2.05, 4.69) is 0 Å². The summed E-state index contributed by atoms with van der Waals surface area (Å²) in [6.45, 7) is 0. The van der Waals surface area contributed by atoms with Crippen LogP contribution in [0.3, 0.4) is 0 Å². The van der Waals surface area contributed by atoms with Crippen molar-refractivity contribution in [2.24, 2.45) is 0 Å². The Labute approximate surface area is 126 Å². The minimum Gasteiger partial charge on any atom is -0.300 e. The number of rotatable bonds is 3. The molecule has 0 aliphatic heterocycles. The minimum absolute atomic E-state index is 0.819. The van der Waals surface area contributed by atoms with E-state index < -0.39 is 7.14 Å². The fraction of sp³-hybridized carbons (Fsp3) is 0.235. The van der Waals surface area contributed by atoms with Crippen molar-refractivity contribution >= 4 is 23.3 Å². The summed E-state index contributed by atoms with van der Waals surface area (Å²) in [6, 6.07) is 19.4. The summed E-state index contributed by atoms with van der Waals surface area (Å²) in [5.41, 5.74) is 0.819. The Morgan fingerprint density at radius 1 is 0.857 bits per heavy atom. The fourth-order valence-corrected chi connectivity index (χ4v) is 5.69. The Kier molecular flexibility index (Phi) is 4.64. The first kappa shape index (κ1) is 15.5. The van der Waals surface area contributed by atoms with Gasteiger partial charge in [-0.1, -0.05) is 60.7 Å². The van der Waals surface area contributed by atoms with Crippen molar-refractivity contribution in [3.63, 3.8) is 0 Å². The molecule has 0 unspecified atom stereocenters. The van der Waals surface area contributed by atoms with Gasteiger partial charge in [-0.2, -0.15) is 0 Å². The van der Waals surface area contributed by atoms with E-state index in [1.165, 1.54) is 0 Å². The maximum atomic E-state index is 14.1. The van der Waals surface area contributed by atoms with Gasteiger partial charge in [-0.3, -0.25) is 9.48 Å². The summed E-state index contributed by atoms with van der Waals surface area (Å²) in [7, 11) is 4.88. The molecule has 2 aromatic carbocycles. The van der Waals surface area contributed by atoms with Crippen LogP contribution in [0.2, 0.25) is 0 Å². The van der Waals surface area contributed by atoms with Crippen molar-refractivity contribution < 1.29 is 9.14 Å². The van der Waals surface area contributed by atoms with Crippen LogP contribution in [0.25, 0.3) is 0 Å². The van der Waals surface area contributed by atoms with Crippen LogP contribution in [-0.4, -0.2) is 43.2 Å². The third kappa shape index (κ3) is 2.93. The van der Waals surface area contributed by atoms with E-state index >= 15 is 0 Å². The third-order valence-electron chi connectivity index (χ3n) is 3.32. The van der Waals surface area contributed by atoms with Gasteiger partial charge in [-0.15, -0.1) is 0 Å². The highest BCUT2D eigenvalue weighted by Crippen LogP contribution is 2.45. The number of benzene rings is 2. The molecule has 0 amide bonds. The maximum absolute atomic E-state index is 14.1. The lowest BCUT2D eigenvalue weighted by Crippen LogP contribution is -2.36. The highest BCUT2D eigenvalue weighted by molar-refractivity contribution is 7.92. The molecule has 110 valence electrons. The summed E-state index contributed by atoms with van der Waals surface area (Å²) < 4.78 is 16.0. The van der Waals surface area contributed by atoms with Crippen molar-refractivity contribution in [1.29, 1.82) is 0 Å². The lowest BCUT2D eigenvalue weighted by Gasteiger charge is -2.22. The average molecular weight is 301 g/mol. The first-order chi connectivity index (χ1) is 9.98. The largest absolute Gasteiger partial charge is 0.313 e. The second-order valence-electron chi connectivity index (χ2n) is 5.37. The second-order valence-corrected chi connectivity index (χ2v) is 8.02. The average Bonchev–Trinajstić information content (AvgIpc) is 2.48. The van der Waals surface area contributed by atoms with E-state index in [-0.39, 0.29) is 0 Å². The molecule has 0 saturated heterocycles. The topological polar surface area (TPSA) is 23.3 Å². The van der Waals surface area contributed by atoms with Gasteiger partial charge in [0, 0.05) is 10.6 Å². The molecule has 4 heteroatoms. The molecular formula is C17H22N2OP+. The molecule has 0 bridgehead atoms. The molecule has 0 aromatic heterocycles. The molecule has 0 aliphatic rings. The summed E-state index contributed by atoms with van der Waals surface area (Å²) in [5.74, 6) is 0. The van der Waals surface area contributed by atoms with E-state index in [9.17, 15) is 4.57 Å². The van der Waals surface area contributed by atoms with Crippen molar-refractivity contribution in [3.8, 4) is 0 Å². The van der Waals surface area contributed by atoms with Crippen molar-refractivity contribution in [3.05, 3.63) is 60.7 Å². The maximum Gasteiger partial charge on any atom is 0.313 e. The summed E-state index contributed by atoms with van der Waals surface area (Å²) in [5, 5.41) is 1.71. The first-order valence-corrected chi connectivity index (χ1v) is 8.62. The Hall–Kier alpha value is -1.86. The molecule has 0 saturated carbocycles. The molecular weight excluding hydrogens is 279 g/mol. The van der Waals surface area contributed by atoms with Gasteiger partial charge in [0.1, 0.15) is 0 Å². The zero-order valence-electron chi connectivity index (χ0n) is 13.0. The normalized spacial score (nSPS) is 11.0. The van der Waals surface area contributed by atoms with Crippen molar-refractivity contribution in [2.75, 3.05) is 28.2 Å². The quantitative estimate of drug-likeness (QED) is 0.375. The predicted octanol–water partition coefficient (Wildman–Crippen LogP) is 2.19. The van der Waals surface area contributed by atoms with Crippen LogP contribution >= 0.6 is 7.14 Å². The summed E-state index contributed by atoms with van der Waals surface area (Å²) >= 11 is 0. The van der Waals surface area contributed by atoms with Crippen molar-refractivity contribution in [1.82, 2.24) is 4.90 Å². The molecule has 0 atom stereocenters. The van der Waals surface area contributed by atoms with Gasteiger partial charge in [0.05, 0.1) is 28.2 Å². The molecule has 0 heterocycles. The van der Waals surface area contributed by atoms with E-state index in [1.54, 1.807) is 0 Å². The van der Waals surface area contributed by atoms with Gasteiger partial charge in [0.25, 0.3) is 7.14 Å². The monoisotopic (exact) mass is 301 g/mol. The van der Waals surface area contributed by atoms with E-state index in [1.807, 2.05) is 98.3 Å². The van der Waals surface area contributed by atoms with Gasteiger partial charge in [-0.25, -0.2) is 0 Å². The third-order valence-corrected chi connectivity index (χ3v) is 6.74. The summed E-state index contributed by atoms with van der Waals surface area (Å²) in [4.78, 5) is 1.95. The second kappa shape index (κ2) is 6.28. The molecule has 2 aromatic rings. The Bertz CT molecular complexity index is 631. The minimum atomic E-state index is -2.88. The Balaban J connectivity index is 2.79. The highest BCUT2D eigenvalue weighted by atomic mass is 31.2. The van der Waals surface area contributed by atoms with E-state index in [0.717, 1.165) is 16.2 Å². The fourth-order valence-electron chi connectivity index (χ4n) is 2.62. The molecule has 0 spiro atoms. The Morgan fingerprint density at radius 3 is 1.52 bits per heavy atom. The number of nitrogens with zero attached hydrogens (tertiary/aromatic N) is 2. The van der Waals surface area contributed by atoms with Crippen LogP contribution in [0.15, 0.2) is 60.7 Å². The molecule has 0 N–H and O–H groups in total. The van der Waals surface area contributed by atoms with Crippen LogP contribution < -0.4 is 10.6 Å². The van der Waals surface area contributed by atoms with Gasteiger partial charge >= 0.3 is 5.58 Å². The first-order valence-electron chi connectivity index (χ1n) is 6.91. The molecule has 2 rings (SSSR count). The number of hydrogen-bond donors (Lipinski definition) is 0. The highest BCUT2D eigenvalue weighted by Gasteiger charge is 2.40. The van der Waals surface area contributed by atoms with E-state index in [4.69, 9.17) is 0 Å². The van der Waals surface area contributed by atoms with Gasteiger partial charge in [0.15, 0.2) is 0 Å². The zero-order valence-corrected chi connectivity index (χ0v) is 13.9. The van der Waals surface area contributed by atoms with Crippen LogP contribution in [0.4, 0.5) is 0 Å². The predicted molar refractivity (Wildman–Crippen MR) is 90.6 cm³/mol. The van der Waals surface area contributed by atoms with Gasteiger partial charge < -0.3 is 4.57 Å². The zero-order chi connectivity index (χ0) is 15.5. The Morgan fingerprint density at radius 2 is 1.24 bits per heavy atom. The molecule has 0 fully saturated rings. The van der Waals surface area contributed by atoms with Crippen LogP contribution in [-0.2, 0) is 4.57 Å². The van der Waals surface area contributed by atoms with Crippen LogP contribution in [0, 0.1) is 0 Å². The molecule has 0 aliphatic carbocycles. The lowest BCUT2D eigenvalue weighted by molar-refractivity contribution is -0.466. The van der Waals surface area contributed by atoms with Crippen molar-refractivity contribution in [2.45, 2.75) is 0 Å². The molecule has 3 nitrogen and oxygen atoms in total. The molecule has 0 radical (unpaired) electrons.